The molecule has 1 amide bonds. The molecule has 20 heavy (non-hydrogen) atoms. The number of benzene rings is 1. The lowest BCUT2D eigenvalue weighted by atomic mass is 9.84. The van der Waals surface area contributed by atoms with Gasteiger partial charge in [0.05, 0.1) is 10.9 Å². The van der Waals surface area contributed by atoms with E-state index in [0.717, 1.165) is 5.56 Å². The van der Waals surface area contributed by atoms with Crippen molar-refractivity contribution in [3.05, 3.63) is 34.9 Å². The minimum absolute atomic E-state index is 0.0264. The molecule has 3 nitrogen and oxygen atoms in total. The van der Waals surface area contributed by atoms with E-state index in [1.165, 1.54) is 0 Å². The van der Waals surface area contributed by atoms with Crippen molar-refractivity contribution >= 4 is 29.3 Å². The van der Waals surface area contributed by atoms with Crippen LogP contribution in [0.3, 0.4) is 0 Å². The Kier molecular flexibility index (Phi) is 4.99. The molecule has 1 saturated heterocycles. The summed E-state index contributed by atoms with van der Waals surface area (Å²) in [6.45, 7) is 3.07. The second-order valence-electron chi connectivity index (χ2n) is 5.21. The molecular formula is C15H20ClNO2S. The molecule has 5 heteroatoms. The highest BCUT2D eigenvalue weighted by molar-refractivity contribution is 7.99. The Labute approximate surface area is 129 Å². The van der Waals surface area contributed by atoms with E-state index in [1.807, 2.05) is 36.3 Å². The number of thioether (sulfide) groups is 1. The number of nitrogens with zero attached hydrogens (tertiary/aromatic N) is 1. The summed E-state index contributed by atoms with van der Waals surface area (Å²) in [7, 11) is 0. The zero-order chi connectivity index (χ0) is 14.8. The lowest BCUT2D eigenvalue weighted by Gasteiger charge is -2.39. The second-order valence-corrected chi connectivity index (χ2v) is 6.80. The molecule has 0 radical (unpaired) electrons. The molecule has 1 N–H and O–H groups in total. The van der Waals surface area contributed by atoms with Gasteiger partial charge in [0.15, 0.2) is 0 Å². The summed E-state index contributed by atoms with van der Waals surface area (Å²) in [5, 5.41) is 11.4. The van der Waals surface area contributed by atoms with Crippen molar-refractivity contribution in [3.8, 4) is 0 Å². The van der Waals surface area contributed by atoms with Crippen LogP contribution in [-0.2, 0) is 10.4 Å². The Hall–Kier alpha value is -0.710. The maximum atomic E-state index is 12.1. The van der Waals surface area contributed by atoms with Gasteiger partial charge in [0, 0.05) is 23.7 Å². The summed E-state index contributed by atoms with van der Waals surface area (Å²) in [6, 6.07) is 7.40. The molecule has 1 aliphatic rings. The number of amides is 1. The highest BCUT2D eigenvalue weighted by atomic mass is 35.5. The quantitative estimate of drug-likeness (QED) is 0.933. The zero-order valence-electron chi connectivity index (χ0n) is 11.8. The number of aliphatic hydroxyl groups is 1. The Bertz CT molecular complexity index is 487. The molecule has 0 bridgehead atoms. The molecule has 1 fully saturated rings. The number of halogens is 1. The van der Waals surface area contributed by atoms with Crippen LogP contribution in [0, 0.1) is 0 Å². The summed E-state index contributed by atoms with van der Waals surface area (Å²) < 4.78 is 0. The first-order chi connectivity index (χ1) is 9.48. The smallest absolute Gasteiger partial charge is 0.235 e. The number of hydrogen-bond acceptors (Lipinski definition) is 3. The van der Waals surface area contributed by atoms with E-state index in [0.29, 0.717) is 31.0 Å². The van der Waals surface area contributed by atoms with E-state index in [9.17, 15) is 9.90 Å². The highest BCUT2D eigenvalue weighted by Crippen LogP contribution is 2.36. The van der Waals surface area contributed by atoms with Crippen LogP contribution in [0.5, 0.6) is 0 Å². The average Bonchev–Trinajstić information content (AvgIpc) is 2.47. The van der Waals surface area contributed by atoms with Crippen molar-refractivity contribution < 1.29 is 9.90 Å². The van der Waals surface area contributed by atoms with Gasteiger partial charge >= 0.3 is 0 Å². The molecular weight excluding hydrogens is 294 g/mol. The summed E-state index contributed by atoms with van der Waals surface area (Å²) in [5.41, 5.74) is -0.149. The fourth-order valence-electron chi connectivity index (χ4n) is 2.56. The predicted octanol–water partition coefficient (Wildman–Crippen LogP) is 2.90. The van der Waals surface area contributed by atoms with E-state index in [1.54, 1.807) is 17.8 Å². The molecule has 0 aliphatic carbocycles. The van der Waals surface area contributed by atoms with Crippen LogP contribution >= 0.6 is 23.4 Å². The monoisotopic (exact) mass is 313 g/mol. The number of rotatable bonds is 3. The van der Waals surface area contributed by atoms with Crippen LogP contribution in [0.25, 0.3) is 0 Å². The van der Waals surface area contributed by atoms with Gasteiger partial charge < -0.3 is 10.0 Å². The maximum Gasteiger partial charge on any atom is 0.235 e. The molecule has 1 atom stereocenters. The van der Waals surface area contributed by atoms with Gasteiger partial charge in [-0.3, -0.25) is 4.79 Å². The summed E-state index contributed by atoms with van der Waals surface area (Å²) in [4.78, 5) is 14.0. The van der Waals surface area contributed by atoms with Crippen molar-refractivity contribution in [1.29, 1.82) is 0 Å². The van der Waals surface area contributed by atoms with E-state index in [4.69, 9.17) is 11.6 Å². The minimum Gasteiger partial charge on any atom is -0.385 e. The van der Waals surface area contributed by atoms with Gasteiger partial charge in [0.2, 0.25) is 5.91 Å². The first-order valence-corrected chi connectivity index (χ1v) is 8.43. The molecule has 1 aromatic rings. The van der Waals surface area contributed by atoms with E-state index < -0.39 is 5.60 Å². The predicted molar refractivity (Wildman–Crippen MR) is 84.1 cm³/mol. The molecule has 0 spiro atoms. The molecule has 1 heterocycles. The van der Waals surface area contributed by atoms with Gasteiger partial charge in [-0.15, -0.1) is 0 Å². The molecule has 1 aromatic carbocycles. The van der Waals surface area contributed by atoms with Crippen molar-refractivity contribution in [2.75, 3.05) is 19.3 Å². The van der Waals surface area contributed by atoms with Crippen molar-refractivity contribution in [3.63, 3.8) is 0 Å². The molecule has 110 valence electrons. The Morgan fingerprint density at radius 1 is 1.40 bits per heavy atom. The first-order valence-electron chi connectivity index (χ1n) is 6.77. The van der Waals surface area contributed by atoms with E-state index in [2.05, 4.69) is 0 Å². The third-order valence-electron chi connectivity index (χ3n) is 3.98. The average molecular weight is 314 g/mol. The van der Waals surface area contributed by atoms with Crippen LogP contribution < -0.4 is 0 Å². The molecule has 0 aromatic heterocycles. The number of carbonyl (C=O) groups is 1. The lowest BCUT2D eigenvalue weighted by Crippen LogP contribution is -2.47. The van der Waals surface area contributed by atoms with E-state index >= 15 is 0 Å². The van der Waals surface area contributed by atoms with Crippen LogP contribution in [-0.4, -0.2) is 40.5 Å². The largest absolute Gasteiger partial charge is 0.385 e. The Morgan fingerprint density at radius 2 is 2.00 bits per heavy atom. The topological polar surface area (TPSA) is 40.5 Å². The zero-order valence-corrected chi connectivity index (χ0v) is 13.4. The SMILES string of the molecule is CS[C@H](C)C(=O)N1CCC(O)(c2ccccc2Cl)CC1. The van der Waals surface area contributed by atoms with Crippen molar-refractivity contribution in [2.45, 2.75) is 30.6 Å². The van der Waals surface area contributed by atoms with Crippen LogP contribution in [0.2, 0.25) is 5.02 Å². The fraction of sp³-hybridized carbons (Fsp3) is 0.533. The van der Waals surface area contributed by atoms with Crippen LogP contribution in [0.1, 0.15) is 25.3 Å². The summed E-state index contributed by atoms with van der Waals surface area (Å²) in [6.07, 6.45) is 3.00. The first kappa shape index (κ1) is 15.7. The van der Waals surface area contributed by atoms with Gasteiger partial charge in [-0.25, -0.2) is 0 Å². The molecule has 1 aliphatic heterocycles. The van der Waals surface area contributed by atoms with Gasteiger partial charge in [0.25, 0.3) is 0 Å². The molecule has 0 unspecified atom stereocenters. The number of likely N-dealkylation sites (tertiary alicyclic amines) is 1. The van der Waals surface area contributed by atoms with Crippen molar-refractivity contribution in [1.82, 2.24) is 4.90 Å². The fourth-order valence-corrected chi connectivity index (χ4v) is 3.23. The number of carbonyl (C=O) groups excluding carboxylic acids is 1. The van der Waals surface area contributed by atoms with E-state index in [-0.39, 0.29) is 11.2 Å². The number of piperidine rings is 1. The third-order valence-corrected chi connectivity index (χ3v) is 5.22. The molecule has 2 rings (SSSR count). The third kappa shape index (κ3) is 3.13. The van der Waals surface area contributed by atoms with Gasteiger partial charge in [0.1, 0.15) is 0 Å². The standard InChI is InChI=1S/C15H20ClNO2S/c1-11(20-2)14(18)17-9-7-15(19,8-10-17)12-5-3-4-6-13(12)16/h3-6,11,19H,7-10H2,1-2H3/t11-/m1/s1. The Morgan fingerprint density at radius 3 is 2.55 bits per heavy atom. The maximum absolute atomic E-state index is 12.1. The van der Waals surface area contributed by atoms with Crippen LogP contribution in [0.4, 0.5) is 0 Å². The normalized spacial score (nSPS) is 19.7. The number of hydrogen-bond donors (Lipinski definition) is 1. The van der Waals surface area contributed by atoms with Gasteiger partial charge in [-0.2, -0.15) is 11.8 Å². The van der Waals surface area contributed by atoms with Gasteiger partial charge in [-0.05, 0) is 32.1 Å². The molecule has 0 saturated carbocycles. The summed E-state index contributed by atoms with van der Waals surface area (Å²) >= 11 is 7.73. The minimum atomic E-state index is -0.919. The van der Waals surface area contributed by atoms with Crippen LogP contribution in [0.15, 0.2) is 24.3 Å². The van der Waals surface area contributed by atoms with Gasteiger partial charge in [-0.1, -0.05) is 29.8 Å². The Balaban J connectivity index is 2.07. The highest BCUT2D eigenvalue weighted by Gasteiger charge is 2.37. The van der Waals surface area contributed by atoms with Crippen molar-refractivity contribution in [2.24, 2.45) is 0 Å². The second kappa shape index (κ2) is 6.37. The summed E-state index contributed by atoms with van der Waals surface area (Å²) in [5.74, 6) is 0.152. The lowest BCUT2D eigenvalue weighted by molar-refractivity contribution is -0.134.